The molecule has 3 N–H and O–H groups in total. The van der Waals surface area contributed by atoms with Gasteiger partial charge in [0, 0.05) is 23.6 Å². The second-order valence-corrected chi connectivity index (χ2v) is 11.7. The van der Waals surface area contributed by atoms with Crippen molar-refractivity contribution in [1.82, 2.24) is 14.9 Å². The molecule has 0 saturated carbocycles. The predicted molar refractivity (Wildman–Crippen MR) is 177 cm³/mol. The summed E-state index contributed by atoms with van der Waals surface area (Å²) in [5, 5.41) is 15.2. The van der Waals surface area contributed by atoms with Gasteiger partial charge in [-0.3, -0.25) is 0 Å². The third-order valence-corrected chi connectivity index (χ3v) is 8.52. The van der Waals surface area contributed by atoms with Crippen molar-refractivity contribution in [2.75, 3.05) is 12.4 Å². The summed E-state index contributed by atoms with van der Waals surface area (Å²) < 4.78 is 20.3. The third-order valence-electron chi connectivity index (χ3n) is 8.52. The number of esters is 1. The van der Waals surface area contributed by atoms with E-state index in [4.69, 9.17) is 14.2 Å². The normalized spacial score (nSPS) is 20.0. The number of carbonyl (C=O) groups excluding carboxylic acids is 2. The van der Waals surface area contributed by atoms with Gasteiger partial charge in [-0.15, -0.1) is 0 Å². The Balaban J connectivity index is 1.22. The highest BCUT2D eigenvalue weighted by Gasteiger charge is 2.39. The van der Waals surface area contributed by atoms with Crippen LogP contribution < -0.4 is 10.6 Å². The van der Waals surface area contributed by atoms with E-state index in [2.05, 4.69) is 27.1 Å². The average molecular weight is 635 g/mol. The number of ether oxygens (including phenoxy) is 3. The highest BCUT2D eigenvalue weighted by molar-refractivity contribution is 5.92. The zero-order valence-electron chi connectivity index (χ0n) is 26.3. The topological polar surface area (TPSA) is 124 Å². The quantitative estimate of drug-likeness (QED) is 0.163. The fraction of sp³-hybridized carbons (Fsp3) is 0.270. The molecule has 0 bridgehead atoms. The Labute approximate surface area is 273 Å². The number of para-hydroxylation sites is 2. The molecule has 0 unspecified atom stereocenters. The van der Waals surface area contributed by atoms with E-state index in [9.17, 15) is 14.7 Å². The van der Waals surface area contributed by atoms with Gasteiger partial charge in [0.25, 0.3) is 0 Å². The minimum absolute atomic E-state index is 0.0284. The van der Waals surface area contributed by atoms with Gasteiger partial charge in [-0.05, 0) is 41.0 Å². The first-order valence-corrected chi connectivity index (χ1v) is 15.6. The van der Waals surface area contributed by atoms with Gasteiger partial charge in [-0.1, -0.05) is 85.8 Å². The van der Waals surface area contributed by atoms with E-state index < -0.39 is 24.3 Å². The van der Waals surface area contributed by atoms with E-state index in [-0.39, 0.29) is 31.2 Å². The fourth-order valence-corrected chi connectivity index (χ4v) is 5.95. The van der Waals surface area contributed by atoms with Gasteiger partial charge < -0.3 is 34.5 Å². The number of anilines is 1. The molecule has 0 aliphatic carbocycles. The number of fused-ring (bicyclic) bond motifs is 1. The van der Waals surface area contributed by atoms with Crippen molar-refractivity contribution in [3.63, 3.8) is 0 Å². The van der Waals surface area contributed by atoms with Crippen LogP contribution in [0.4, 0.5) is 10.5 Å². The number of hydrogen-bond donors (Lipinski definition) is 3. The van der Waals surface area contributed by atoms with Crippen molar-refractivity contribution in [3.8, 4) is 0 Å². The molecule has 1 saturated heterocycles. The molecule has 4 aromatic carbocycles. The highest BCUT2D eigenvalue weighted by Crippen LogP contribution is 2.42. The van der Waals surface area contributed by atoms with E-state index in [1.54, 1.807) is 12.1 Å². The maximum Gasteiger partial charge on any atom is 0.328 e. The number of carbonyl (C=O) groups is 2. The SMILES string of the molecule is COC(=O)[C@H](Cc1ccccc1)NC(=O)Nc1cccc([C@H]2O[C@@H](Cn3cnc4ccccc43)[C@@H](C)[C@@H](c3ccc(CO)cc3)O2)c1. The van der Waals surface area contributed by atoms with Crippen molar-refractivity contribution in [3.05, 3.63) is 132 Å². The Hall–Kier alpha value is -5.03. The highest BCUT2D eigenvalue weighted by atomic mass is 16.7. The summed E-state index contributed by atoms with van der Waals surface area (Å²) in [6.07, 6.45) is 0.836. The van der Waals surface area contributed by atoms with Gasteiger partial charge in [-0.2, -0.15) is 0 Å². The molecule has 47 heavy (non-hydrogen) atoms. The fourth-order valence-electron chi connectivity index (χ4n) is 5.95. The van der Waals surface area contributed by atoms with Crippen LogP contribution >= 0.6 is 0 Å². The van der Waals surface area contributed by atoms with E-state index in [0.717, 1.165) is 33.3 Å². The number of aromatic nitrogens is 2. The van der Waals surface area contributed by atoms with Crippen molar-refractivity contribution in [1.29, 1.82) is 0 Å². The number of imidazole rings is 1. The van der Waals surface area contributed by atoms with Gasteiger partial charge in [-0.25, -0.2) is 14.6 Å². The zero-order chi connectivity index (χ0) is 32.8. The molecule has 242 valence electrons. The lowest BCUT2D eigenvalue weighted by molar-refractivity contribution is -0.276. The van der Waals surface area contributed by atoms with Crippen LogP contribution in [0.5, 0.6) is 0 Å². The molecule has 2 heterocycles. The first kappa shape index (κ1) is 31.9. The van der Waals surface area contributed by atoms with E-state index in [1.165, 1.54) is 7.11 Å². The van der Waals surface area contributed by atoms with Gasteiger partial charge in [0.1, 0.15) is 6.04 Å². The predicted octanol–water partition coefficient (Wildman–Crippen LogP) is 5.93. The standard InChI is InChI=1S/C37H38N4O6/c1-24-33(21-41-23-38-30-13-6-7-14-32(30)41)46-36(47-34(24)27-17-15-26(22-42)16-18-27)28-11-8-12-29(20-28)39-37(44)40-31(35(43)45-2)19-25-9-4-3-5-10-25/h3-18,20,23-24,31,33-34,36,42H,19,21-22H2,1-2H3,(H2,39,40,44)/t24-,31+,33+,34+,36+/m1/s1. The van der Waals surface area contributed by atoms with Crippen LogP contribution in [-0.2, 0) is 38.6 Å². The molecule has 1 aliphatic heterocycles. The van der Waals surface area contributed by atoms with Crippen molar-refractivity contribution in [2.45, 2.75) is 51.0 Å². The molecular formula is C37H38N4O6. The van der Waals surface area contributed by atoms with E-state index in [0.29, 0.717) is 12.2 Å². The summed E-state index contributed by atoms with van der Waals surface area (Å²) in [4.78, 5) is 30.1. The molecule has 5 aromatic rings. The van der Waals surface area contributed by atoms with Crippen LogP contribution in [0.1, 0.15) is 41.6 Å². The minimum atomic E-state index is -0.866. The Bertz CT molecular complexity index is 1810. The second kappa shape index (κ2) is 14.6. The van der Waals surface area contributed by atoms with Crippen LogP contribution in [0.25, 0.3) is 11.0 Å². The molecular weight excluding hydrogens is 596 g/mol. The Morgan fingerprint density at radius 3 is 2.45 bits per heavy atom. The number of urea groups is 1. The van der Waals surface area contributed by atoms with E-state index in [1.807, 2.05) is 97.3 Å². The second-order valence-electron chi connectivity index (χ2n) is 11.7. The first-order valence-electron chi connectivity index (χ1n) is 15.6. The molecule has 1 aromatic heterocycles. The number of amides is 2. The Morgan fingerprint density at radius 1 is 0.915 bits per heavy atom. The number of hydrogen-bond acceptors (Lipinski definition) is 7. The van der Waals surface area contributed by atoms with E-state index >= 15 is 0 Å². The number of aliphatic hydroxyl groups excluding tert-OH is 1. The molecule has 10 nitrogen and oxygen atoms in total. The number of nitrogens with zero attached hydrogens (tertiary/aromatic N) is 2. The summed E-state index contributed by atoms with van der Waals surface area (Å²) in [5.41, 5.74) is 5.85. The maximum absolute atomic E-state index is 13.1. The monoisotopic (exact) mass is 634 g/mol. The van der Waals surface area contributed by atoms with Crippen molar-refractivity contribution in [2.24, 2.45) is 5.92 Å². The van der Waals surface area contributed by atoms with Gasteiger partial charge in [0.15, 0.2) is 6.29 Å². The molecule has 1 fully saturated rings. The third kappa shape index (κ3) is 7.52. The largest absolute Gasteiger partial charge is 0.467 e. The molecule has 5 atom stereocenters. The summed E-state index contributed by atoms with van der Waals surface area (Å²) in [6, 6.07) is 31.0. The lowest BCUT2D eigenvalue weighted by Gasteiger charge is -2.41. The summed E-state index contributed by atoms with van der Waals surface area (Å²) in [5.74, 6) is -0.565. The molecule has 10 heteroatoms. The lowest BCUT2D eigenvalue weighted by atomic mass is 9.90. The molecule has 1 aliphatic rings. The van der Waals surface area contributed by atoms with Gasteiger partial charge in [0.2, 0.25) is 0 Å². The average Bonchev–Trinajstić information content (AvgIpc) is 3.51. The summed E-state index contributed by atoms with van der Waals surface area (Å²) in [7, 11) is 1.30. The van der Waals surface area contributed by atoms with Crippen LogP contribution in [0.15, 0.2) is 109 Å². The number of aliphatic hydroxyl groups is 1. The maximum atomic E-state index is 13.1. The number of nitrogens with one attached hydrogen (secondary N) is 2. The van der Waals surface area contributed by atoms with Crippen molar-refractivity contribution >= 4 is 28.7 Å². The lowest BCUT2D eigenvalue weighted by Crippen LogP contribution is -2.45. The smallest absolute Gasteiger partial charge is 0.328 e. The van der Waals surface area contributed by atoms with Crippen LogP contribution in [-0.4, -0.2) is 45.9 Å². The number of methoxy groups -OCH3 is 1. The molecule has 2 amide bonds. The number of rotatable bonds is 10. The Kier molecular flexibility index (Phi) is 9.92. The molecule has 0 spiro atoms. The zero-order valence-corrected chi connectivity index (χ0v) is 26.3. The van der Waals surface area contributed by atoms with Crippen LogP contribution in [0.2, 0.25) is 0 Å². The van der Waals surface area contributed by atoms with Gasteiger partial charge >= 0.3 is 12.0 Å². The number of benzene rings is 4. The van der Waals surface area contributed by atoms with Gasteiger partial charge in [0.05, 0.1) is 49.8 Å². The summed E-state index contributed by atoms with van der Waals surface area (Å²) >= 11 is 0. The Morgan fingerprint density at radius 2 is 1.68 bits per heavy atom. The van der Waals surface area contributed by atoms with Crippen molar-refractivity contribution < 1.29 is 28.9 Å². The minimum Gasteiger partial charge on any atom is -0.467 e. The molecule has 6 rings (SSSR count). The first-order chi connectivity index (χ1) is 22.9. The van der Waals surface area contributed by atoms with Crippen LogP contribution in [0.3, 0.4) is 0 Å². The summed E-state index contributed by atoms with van der Waals surface area (Å²) in [6.45, 7) is 2.63. The molecule has 0 radical (unpaired) electrons. The van der Waals surface area contributed by atoms with Crippen LogP contribution in [0, 0.1) is 5.92 Å².